The molecule has 1 atom stereocenters. The SMILES string of the molecule is Cn1cncc1C(N)C1=CCCCCC1. The largest absolute Gasteiger partial charge is 0.336 e. The first-order valence-electron chi connectivity index (χ1n) is 5.70. The smallest absolute Gasteiger partial charge is 0.0946 e. The molecule has 0 amide bonds. The first-order valence-corrected chi connectivity index (χ1v) is 5.70. The zero-order valence-corrected chi connectivity index (χ0v) is 9.32. The molecule has 0 saturated carbocycles. The van der Waals surface area contributed by atoms with Gasteiger partial charge < -0.3 is 10.3 Å². The molecular weight excluding hydrogens is 186 g/mol. The number of nitrogens with two attached hydrogens (primary N) is 1. The van der Waals surface area contributed by atoms with Gasteiger partial charge in [0.25, 0.3) is 0 Å². The summed E-state index contributed by atoms with van der Waals surface area (Å²) >= 11 is 0. The van der Waals surface area contributed by atoms with E-state index in [4.69, 9.17) is 5.73 Å². The van der Waals surface area contributed by atoms with Gasteiger partial charge in [-0.15, -0.1) is 0 Å². The van der Waals surface area contributed by atoms with Crippen molar-refractivity contribution in [2.45, 2.75) is 38.1 Å². The van der Waals surface area contributed by atoms with Crippen LogP contribution in [0.15, 0.2) is 24.2 Å². The highest BCUT2D eigenvalue weighted by Gasteiger charge is 2.15. The van der Waals surface area contributed by atoms with Crippen molar-refractivity contribution in [3.8, 4) is 0 Å². The molecule has 0 fully saturated rings. The summed E-state index contributed by atoms with van der Waals surface area (Å²) in [6.45, 7) is 0. The van der Waals surface area contributed by atoms with Crippen molar-refractivity contribution in [1.82, 2.24) is 9.55 Å². The number of allylic oxidation sites excluding steroid dienone is 1. The van der Waals surface area contributed by atoms with Crippen LogP contribution in [0.5, 0.6) is 0 Å². The molecule has 3 heteroatoms. The number of aromatic nitrogens is 2. The van der Waals surface area contributed by atoms with Crippen LogP contribution in [0.1, 0.15) is 43.8 Å². The summed E-state index contributed by atoms with van der Waals surface area (Å²) in [6.07, 6.45) is 12.2. The van der Waals surface area contributed by atoms with E-state index in [2.05, 4.69) is 11.1 Å². The third-order valence-electron chi connectivity index (χ3n) is 3.15. The highest BCUT2D eigenvalue weighted by molar-refractivity contribution is 5.21. The summed E-state index contributed by atoms with van der Waals surface area (Å²) in [5.74, 6) is 0. The predicted molar refractivity (Wildman–Crippen MR) is 61.3 cm³/mol. The average Bonchev–Trinajstić information content (AvgIpc) is 2.53. The summed E-state index contributed by atoms with van der Waals surface area (Å²) in [4.78, 5) is 4.12. The van der Waals surface area contributed by atoms with Crippen LogP contribution in [-0.2, 0) is 7.05 Å². The molecule has 2 N–H and O–H groups in total. The maximum absolute atomic E-state index is 6.26. The van der Waals surface area contributed by atoms with E-state index in [-0.39, 0.29) is 6.04 Å². The van der Waals surface area contributed by atoms with Gasteiger partial charge >= 0.3 is 0 Å². The number of hydrogen-bond acceptors (Lipinski definition) is 2. The molecule has 2 rings (SSSR count). The van der Waals surface area contributed by atoms with E-state index >= 15 is 0 Å². The molecule has 0 bridgehead atoms. The zero-order valence-electron chi connectivity index (χ0n) is 9.32. The first kappa shape index (κ1) is 10.4. The van der Waals surface area contributed by atoms with Gasteiger partial charge in [-0.3, -0.25) is 0 Å². The van der Waals surface area contributed by atoms with Crippen molar-refractivity contribution in [3.63, 3.8) is 0 Å². The van der Waals surface area contributed by atoms with Gasteiger partial charge in [-0.2, -0.15) is 0 Å². The van der Waals surface area contributed by atoms with Gasteiger partial charge in [0.1, 0.15) is 0 Å². The number of aryl methyl sites for hydroxylation is 1. The van der Waals surface area contributed by atoms with E-state index in [1.165, 1.54) is 31.3 Å². The van der Waals surface area contributed by atoms with Gasteiger partial charge in [-0.05, 0) is 25.7 Å². The molecule has 0 spiro atoms. The fraction of sp³-hybridized carbons (Fsp3) is 0.583. The Morgan fingerprint density at radius 3 is 3.00 bits per heavy atom. The maximum atomic E-state index is 6.26. The van der Waals surface area contributed by atoms with E-state index in [1.807, 2.05) is 24.1 Å². The van der Waals surface area contributed by atoms with Gasteiger partial charge in [0.05, 0.1) is 24.3 Å². The van der Waals surface area contributed by atoms with Gasteiger partial charge in [0, 0.05) is 7.05 Å². The first-order chi connectivity index (χ1) is 7.29. The van der Waals surface area contributed by atoms with Crippen molar-refractivity contribution in [2.75, 3.05) is 0 Å². The lowest BCUT2D eigenvalue weighted by atomic mass is 10.0. The molecule has 1 aromatic heterocycles. The summed E-state index contributed by atoms with van der Waals surface area (Å²) < 4.78 is 2.01. The number of hydrogen-bond donors (Lipinski definition) is 1. The van der Waals surface area contributed by atoms with Crippen molar-refractivity contribution >= 4 is 0 Å². The summed E-state index contributed by atoms with van der Waals surface area (Å²) in [5, 5.41) is 0. The van der Waals surface area contributed by atoms with Crippen LogP contribution in [0.2, 0.25) is 0 Å². The molecule has 0 saturated heterocycles. The van der Waals surface area contributed by atoms with Gasteiger partial charge in [-0.25, -0.2) is 4.98 Å². The minimum absolute atomic E-state index is 0.0376. The molecule has 1 heterocycles. The number of imidazole rings is 1. The van der Waals surface area contributed by atoms with Gasteiger partial charge in [0.2, 0.25) is 0 Å². The molecular formula is C12H19N3. The number of nitrogens with zero attached hydrogens (tertiary/aromatic N) is 2. The molecule has 1 aliphatic rings. The van der Waals surface area contributed by atoms with Crippen molar-refractivity contribution < 1.29 is 0 Å². The number of rotatable bonds is 2. The van der Waals surface area contributed by atoms with E-state index in [0.29, 0.717) is 0 Å². The normalized spacial score (nSPS) is 19.5. The van der Waals surface area contributed by atoms with Crippen LogP contribution < -0.4 is 5.73 Å². The third-order valence-corrected chi connectivity index (χ3v) is 3.15. The fourth-order valence-electron chi connectivity index (χ4n) is 2.18. The Bertz CT molecular complexity index is 352. The Balaban J connectivity index is 2.16. The van der Waals surface area contributed by atoms with Gasteiger partial charge in [0.15, 0.2) is 0 Å². The second-order valence-corrected chi connectivity index (χ2v) is 4.29. The van der Waals surface area contributed by atoms with Crippen LogP contribution >= 0.6 is 0 Å². The Kier molecular flexibility index (Phi) is 3.21. The Labute approximate surface area is 91.0 Å². The lowest BCUT2D eigenvalue weighted by Crippen LogP contribution is -2.16. The van der Waals surface area contributed by atoms with E-state index < -0.39 is 0 Å². The summed E-state index contributed by atoms with van der Waals surface area (Å²) in [5.41, 5.74) is 8.75. The zero-order chi connectivity index (χ0) is 10.7. The lowest BCUT2D eigenvalue weighted by molar-refractivity contribution is 0.667. The fourth-order valence-corrected chi connectivity index (χ4v) is 2.18. The predicted octanol–water partition coefficient (Wildman–Crippen LogP) is 2.31. The quantitative estimate of drug-likeness (QED) is 0.753. The highest BCUT2D eigenvalue weighted by atomic mass is 15.0. The molecule has 82 valence electrons. The lowest BCUT2D eigenvalue weighted by Gasteiger charge is -2.15. The van der Waals surface area contributed by atoms with Crippen LogP contribution in [-0.4, -0.2) is 9.55 Å². The van der Waals surface area contributed by atoms with Gasteiger partial charge in [-0.1, -0.05) is 18.1 Å². The Morgan fingerprint density at radius 1 is 1.40 bits per heavy atom. The van der Waals surface area contributed by atoms with Crippen LogP contribution in [0.3, 0.4) is 0 Å². The van der Waals surface area contributed by atoms with Crippen molar-refractivity contribution in [3.05, 3.63) is 29.9 Å². The molecule has 1 aliphatic carbocycles. The topological polar surface area (TPSA) is 43.8 Å². The highest BCUT2D eigenvalue weighted by Crippen LogP contribution is 2.26. The monoisotopic (exact) mass is 205 g/mol. The molecule has 15 heavy (non-hydrogen) atoms. The average molecular weight is 205 g/mol. The van der Waals surface area contributed by atoms with Crippen LogP contribution in [0.25, 0.3) is 0 Å². The second-order valence-electron chi connectivity index (χ2n) is 4.29. The molecule has 0 aliphatic heterocycles. The van der Waals surface area contributed by atoms with Crippen LogP contribution in [0.4, 0.5) is 0 Å². The second kappa shape index (κ2) is 4.62. The summed E-state index contributed by atoms with van der Waals surface area (Å²) in [6, 6.07) is 0.0376. The summed E-state index contributed by atoms with van der Waals surface area (Å²) in [7, 11) is 2.00. The third kappa shape index (κ3) is 2.29. The van der Waals surface area contributed by atoms with E-state index in [9.17, 15) is 0 Å². The van der Waals surface area contributed by atoms with Crippen LogP contribution in [0, 0.1) is 0 Å². The van der Waals surface area contributed by atoms with E-state index in [0.717, 1.165) is 12.1 Å². The molecule has 1 unspecified atom stereocenters. The van der Waals surface area contributed by atoms with Crippen molar-refractivity contribution in [2.24, 2.45) is 12.8 Å². The Hall–Kier alpha value is -1.09. The van der Waals surface area contributed by atoms with Crippen molar-refractivity contribution in [1.29, 1.82) is 0 Å². The Morgan fingerprint density at radius 2 is 2.27 bits per heavy atom. The molecule has 0 aromatic carbocycles. The molecule has 0 radical (unpaired) electrons. The minimum atomic E-state index is 0.0376. The molecule has 1 aromatic rings. The minimum Gasteiger partial charge on any atom is -0.336 e. The standard InChI is InChI=1S/C12H19N3/c1-15-9-14-8-11(15)12(13)10-6-4-2-3-5-7-10/h6,8-9,12H,2-5,7,13H2,1H3. The van der Waals surface area contributed by atoms with E-state index in [1.54, 1.807) is 0 Å². The maximum Gasteiger partial charge on any atom is 0.0946 e. The molecule has 3 nitrogen and oxygen atoms in total.